The summed E-state index contributed by atoms with van der Waals surface area (Å²) in [4.78, 5) is 31.1. The maximum atomic E-state index is 11.5. The maximum absolute atomic E-state index is 11.5. The van der Waals surface area contributed by atoms with Gasteiger partial charge in [-0.3, -0.25) is 0 Å². The van der Waals surface area contributed by atoms with Crippen LogP contribution in [0.2, 0.25) is 0 Å². The summed E-state index contributed by atoms with van der Waals surface area (Å²) < 4.78 is 7.73. The summed E-state index contributed by atoms with van der Waals surface area (Å²) in [6.45, 7) is 0. The summed E-state index contributed by atoms with van der Waals surface area (Å²) in [5, 5.41) is 17.5. The fourth-order valence-electron chi connectivity index (χ4n) is 3.55. The van der Waals surface area contributed by atoms with Crippen LogP contribution in [-0.4, -0.2) is 53.4 Å². The molecule has 182 valence electrons. The van der Waals surface area contributed by atoms with Crippen molar-refractivity contribution in [3.05, 3.63) is 108 Å². The van der Waals surface area contributed by atoms with Crippen molar-refractivity contribution >= 4 is 23.2 Å². The Kier molecular flexibility index (Phi) is 6.37. The van der Waals surface area contributed by atoms with Gasteiger partial charge in [-0.15, -0.1) is 10.2 Å². The van der Waals surface area contributed by atoms with Crippen molar-refractivity contribution < 1.29 is 19.4 Å². The molecule has 0 radical (unpaired) electrons. The van der Waals surface area contributed by atoms with Gasteiger partial charge in [0.2, 0.25) is 0 Å². The Labute approximate surface area is 210 Å². The second-order valence-electron chi connectivity index (χ2n) is 7.84. The molecule has 6 aromatic rings. The van der Waals surface area contributed by atoms with E-state index in [1.165, 1.54) is 23.9 Å². The zero-order valence-corrected chi connectivity index (χ0v) is 19.6. The molecule has 6 rings (SSSR count). The van der Waals surface area contributed by atoms with E-state index < -0.39 is 11.9 Å². The van der Waals surface area contributed by atoms with Gasteiger partial charge in [-0.1, -0.05) is 60.7 Å². The molecule has 0 aliphatic rings. The molecular weight excluding hydrogens is 472 g/mol. The van der Waals surface area contributed by atoms with Crippen molar-refractivity contribution in [2.24, 2.45) is 0 Å². The van der Waals surface area contributed by atoms with Gasteiger partial charge in [0.1, 0.15) is 0 Å². The normalized spacial score (nSPS) is 10.6. The number of carbonyl (C=O) groups excluding carboxylic acids is 1. The minimum Gasteiger partial charge on any atom is -0.478 e. The van der Waals surface area contributed by atoms with E-state index in [2.05, 4.69) is 24.9 Å². The van der Waals surface area contributed by atoms with Crippen molar-refractivity contribution in [3.8, 4) is 22.8 Å². The number of methoxy groups -OCH3 is 1. The summed E-state index contributed by atoms with van der Waals surface area (Å²) in [5.74, 6) is -0.159. The number of aromatic carboxylic acids is 1. The van der Waals surface area contributed by atoms with Crippen molar-refractivity contribution in [2.75, 3.05) is 7.11 Å². The summed E-state index contributed by atoms with van der Waals surface area (Å²) in [6, 6.07) is 25.8. The lowest BCUT2D eigenvalue weighted by Gasteiger charge is -1.98. The molecule has 2 aromatic carbocycles. The second kappa shape index (κ2) is 10.1. The number of rotatable bonds is 4. The predicted molar refractivity (Wildman–Crippen MR) is 135 cm³/mol. The molecule has 0 unspecified atom stereocenters. The molecule has 4 heterocycles. The Morgan fingerprint density at radius 3 is 1.59 bits per heavy atom. The van der Waals surface area contributed by atoms with Crippen molar-refractivity contribution in [1.82, 2.24) is 29.2 Å². The zero-order valence-electron chi connectivity index (χ0n) is 19.6. The van der Waals surface area contributed by atoms with E-state index in [0.717, 1.165) is 11.1 Å². The van der Waals surface area contributed by atoms with E-state index in [0.29, 0.717) is 28.5 Å². The van der Waals surface area contributed by atoms with Gasteiger partial charge in [-0.25, -0.2) is 28.6 Å². The van der Waals surface area contributed by atoms with Gasteiger partial charge < -0.3 is 9.84 Å². The van der Waals surface area contributed by atoms with Gasteiger partial charge in [-0.05, 0) is 24.3 Å². The molecule has 0 bridgehead atoms. The Morgan fingerprint density at radius 2 is 1.14 bits per heavy atom. The van der Waals surface area contributed by atoms with Crippen LogP contribution in [0.4, 0.5) is 0 Å². The van der Waals surface area contributed by atoms with Crippen LogP contribution < -0.4 is 0 Å². The fraction of sp³-hybridized carbons (Fsp3) is 0.0370. The smallest absolute Gasteiger partial charge is 0.339 e. The number of nitrogens with zero attached hydrogens (tertiary/aromatic N) is 6. The molecule has 4 aromatic heterocycles. The summed E-state index contributed by atoms with van der Waals surface area (Å²) >= 11 is 0. The number of hydrogen-bond donors (Lipinski definition) is 1. The highest BCUT2D eigenvalue weighted by Gasteiger charge is 2.10. The number of aromatic nitrogens is 6. The predicted octanol–water partition coefficient (Wildman–Crippen LogP) is 4.28. The first-order chi connectivity index (χ1) is 18.0. The number of hydrogen-bond acceptors (Lipinski definition) is 7. The maximum Gasteiger partial charge on any atom is 0.339 e. The van der Waals surface area contributed by atoms with E-state index in [1.807, 2.05) is 60.7 Å². The van der Waals surface area contributed by atoms with Gasteiger partial charge in [0.25, 0.3) is 0 Å². The highest BCUT2D eigenvalue weighted by molar-refractivity contribution is 5.89. The molecule has 0 fully saturated rings. The summed E-state index contributed by atoms with van der Waals surface area (Å²) in [5.41, 5.74) is 3.78. The summed E-state index contributed by atoms with van der Waals surface area (Å²) in [7, 11) is 1.35. The molecule has 0 atom stereocenters. The van der Waals surface area contributed by atoms with Crippen LogP contribution in [0.5, 0.6) is 0 Å². The number of pyridine rings is 2. The lowest BCUT2D eigenvalue weighted by Crippen LogP contribution is -2.03. The minimum atomic E-state index is -0.978. The highest BCUT2D eigenvalue weighted by atomic mass is 16.5. The average molecular weight is 492 g/mol. The first-order valence-electron chi connectivity index (χ1n) is 11.2. The van der Waals surface area contributed by atoms with Crippen LogP contribution in [0.15, 0.2) is 97.3 Å². The molecule has 0 aliphatic heterocycles. The third-order valence-corrected chi connectivity index (χ3v) is 5.39. The first-order valence-corrected chi connectivity index (χ1v) is 11.2. The van der Waals surface area contributed by atoms with Crippen molar-refractivity contribution in [2.45, 2.75) is 0 Å². The standard InChI is InChI=1S/C14H11N3O2.C13H9N3O2/c1-19-14(18)11-7-8-12-15-13(16-17(12)9-11)10-5-3-2-4-6-10;17-13(18)10-6-7-11-14-12(15-16(11)8-10)9-4-2-1-3-5-9/h2-9H,1H3;1-8H,(H,17,18). The van der Waals surface area contributed by atoms with Gasteiger partial charge in [0.15, 0.2) is 22.9 Å². The molecule has 0 spiro atoms. The van der Waals surface area contributed by atoms with Crippen molar-refractivity contribution in [1.29, 1.82) is 0 Å². The van der Waals surface area contributed by atoms with Gasteiger partial charge in [0.05, 0.1) is 18.2 Å². The molecule has 10 heteroatoms. The molecular formula is C27H20N6O4. The third-order valence-electron chi connectivity index (χ3n) is 5.39. The number of ether oxygens (including phenoxy) is 1. The molecule has 10 nitrogen and oxygen atoms in total. The quantitative estimate of drug-likeness (QED) is 0.362. The largest absolute Gasteiger partial charge is 0.478 e. The minimum absolute atomic E-state index is 0.187. The second-order valence-corrected chi connectivity index (χ2v) is 7.84. The van der Waals surface area contributed by atoms with E-state index in [-0.39, 0.29) is 5.56 Å². The Hall–Kier alpha value is -5.38. The van der Waals surface area contributed by atoms with E-state index in [9.17, 15) is 9.59 Å². The molecule has 37 heavy (non-hydrogen) atoms. The summed E-state index contributed by atoms with van der Waals surface area (Å²) in [6.07, 6.45) is 3.07. The Balaban J connectivity index is 0.000000152. The number of carboxylic acids is 1. The van der Waals surface area contributed by atoms with Gasteiger partial charge in [-0.2, -0.15) is 0 Å². The van der Waals surface area contributed by atoms with E-state index in [4.69, 9.17) is 5.11 Å². The van der Waals surface area contributed by atoms with Crippen LogP contribution in [0.25, 0.3) is 34.1 Å². The molecule has 0 saturated heterocycles. The van der Waals surface area contributed by atoms with Gasteiger partial charge in [0, 0.05) is 23.5 Å². The molecule has 0 aliphatic carbocycles. The van der Waals surface area contributed by atoms with Crippen molar-refractivity contribution in [3.63, 3.8) is 0 Å². The third kappa shape index (κ3) is 5.03. The van der Waals surface area contributed by atoms with Crippen LogP contribution in [-0.2, 0) is 4.74 Å². The molecule has 0 saturated carbocycles. The monoisotopic (exact) mass is 492 g/mol. The van der Waals surface area contributed by atoms with E-state index in [1.54, 1.807) is 28.9 Å². The fourth-order valence-corrected chi connectivity index (χ4v) is 3.55. The lowest BCUT2D eigenvalue weighted by molar-refractivity contribution is 0.0599. The Bertz CT molecular complexity index is 1710. The van der Waals surface area contributed by atoms with Gasteiger partial charge >= 0.3 is 11.9 Å². The zero-order chi connectivity index (χ0) is 25.8. The number of esters is 1. The van der Waals surface area contributed by atoms with Crippen LogP contribution in [0.3, 0.4) is 0 Å². The highest BCUT2D eigenvalue weighted by Crippen LogP contribution is 2.17. The lowest BCUT2D eigenvalue weighted by atomic mass is 10.2. The first kappa shape index (κ1) is 23.4. The van der Waals surface area contributed by atoms with Crippen LogP contribution in [0, 0.1) is 0 Å². The molecule has 1 N–H and O–H groups in total. The topological polar surface area (TPSA) is 124 Å². The number of carbonyl (C=O) groups is 2. The van der Waals surface area contributed by atoms with Crippen LogP contribution in [0.1, 0.15) is 20.7 Å². The number of benzene rings is 2. The van der Waals surface area contributed by atoms with Crippen LogP contribution >= 0.6 is 0 Å². The molecule has 0 amide bonds. The SMILES string of the molecule is COC(=O)c1ccc2nc(-c3ccccc3)nn2c1.O=C(O)c1ccc2nc(-c3ccccc3)nn2c1. The number of fused-ring (bicyclic) bond motifs is 2. The Morgan fingerprint density at radius 1 is 0.676 bits per heavy atom. The van der Waals surface area contributed by atoms with E-state index >= 15 is 0 Å². The number of carboxylic acid groups (broad SMARTS) is 1. The average Bonchev–Trinajstić information content (AvgIpc) is 3.57.